The molecule has 0 saturated heterocycles. The van der Waals surface area contributed by atoms with Gasteiger partial charge in [0.05, 0.1) is 24.1 Å². The number of hydrogen-bond acceptors (Lipinski definition) is 5. The second-order valence-corrected chi connectivity index (χ2v) is 4.03. The van der Waals surface area contributed by atoms with E-state index < -0.39 is 0 Å². The SMILES string of the molecule is O=C(NCc1ccco1)c1ccccc1-n1cnnn1. The lowest BCUT2D eigenvalue weighted by atomic mass is 10.1. The molecule has 0 aliphatic rings. The highest BCUT2D eigenvalue weighted by atomic mass is 16.3. The lowest BCUT2D eigenvalue weighted by molar-refractivity contribution is 0.0948. The van der Waals surface area contributed by atoms with E-state index in [-0.39, 0.29) is 5.91 Å². The fraction of sp³-hybridized carbons (Fsp3) is 0.0769. The van der Waals surface area contributed by atoms with Gasteiger partial charge in [0.2, 0.25) is 0 Å². The maximum absolute atomic E-state index is 12.2. The van der Waals surface area contributed by atoms with Gasteiger partial charge in [0.15, 0.2) is 0 Å². The lowest BCUT2D eigenvalue weighted by Crippen LogP contribution is -2.24. The summed E-state index contributed by atoms with van der Waals surface area (Å²) < 4.78 is 6.62. The largest absolute Gasteiger partial charge is 0.467 e. The van der Waals surface area contributed by atoms with E-state index >= 15 is 0 Å². The topological polar surface area (TPSA) is 85.8 Å². The van der Waals surface area contributed by atoms with Crippen LogP contribution < -0.4 is 5.32 Å². The minimum Gasteiger partial charge on any atom is -0.467 e. The number of nitrogens with zero attached hydrogens (tertiary/aromatic N) is 4. The highest BCUT2D eigenvalue weighted by Gasteiger charge is 2.13. The van der Waals surface area contributed by atoms with Crippen LogP contribution in [0.15, 0.2) is 53.4 Å². The third-order valence-corrected chi connectivity index (χ3v) is 2.75. The average Bonchev–Trinajstić information content (AvgIpc) is 3.18. The number of aromatic nitrogens is 4. The molecule has 0 saturated carbocycles. The summed E-state index contributed by atoms with van der Waals surface area (Å²) in [6.07, 6.45) is 3.01. The molecule has 0 radical (unpaired) electrons. The second kappa shape index (κ2) is 5.35. The van der Waals surface area contributed by atoms with Crippen LogP contribution in [-0.2, 0) is 6.54 Å². The van der Waals surface area contributed by atoms with Gasteiger partial charge in [0, 0.05) is 0 Å². The smallest absolute Gasteiger partial charge is 0.253 e. The van der Waals surface area contributed by atoms with Crippen molar-refractivity contribution in [3.8, 4) is 5.69 Å². The third-order valence-electron chi connectivity index (χ3n) is 2.75. The Balaban J connectivity index is 1.81. The molecule has 20 heavy (non-hydrogen) atoms. The molecule has 3 rings (SSSR count). The number of hydrogen-bond donors (Lipinski definition) is 1. The van der Waals surface area contributed by atoms with E-state index in [1.54, 1.807) is 36.6 Å². The summed E-state index contributed by atoms with van der Waals surface area (Å²) in [5.74, 6) is 0.478. The Labute approximate surface area is 114 Å². The van der Waals surface area contributed by atoms with Gasteiger partial charge in [0.1, 0.15) is 12.1 Å². The van der Waals surface area contributed by atoms with Crippen LogP contribution in [-0.4, -0.2) is 26.1 Å². The summed E-state index contributed by atoms with van der Waals surface area (Å²) in [4.78, 5) is 12.2. The minimum atomic E-state index is -0.215. The van der Waals surface area contributed by atoms with E-state index in [1.165, 1.54) is 11.0 Å². The fourth-order valence-electron chi connectivity index (χ4n) is 1.81. The van der Waals surface area contributed by atoms with Crippen molar-refractivity contribution in [2.24, 2.45) is 0 Å². The predicted octanol–water partition coefficient (Wildman–Crippen LogP) is 1.19. The van der Waals surface area contributed by atoms with E-state index in [0.717, 1.165) is 0 Å². The second-order valence-electron chi connectivity index (χ2n) is 4.03. The molecule has 0 aliphatic heterocycles. The van der Waals surface area contributed by atoms with Gasteiger partial charge in [-0.25, -0.2) is 0 Å². The number of tetrazole rings is 1. The standard InChI is InChI=1S/C13H11N5O2/c19-13(14-8-10-4-3-7-20-10)11-5-1-2-6-12(11)18-9-15-16-17-18/h1-7,9H,8H2,(H,14,19). The third kappa shape index (κ3) is 2.41. The first-order valence-corrected chi connectivity index (χ1v) is 5.97. The molecule has 2 heterocycles. The van der Waals surface area contributed by atoms with Crippen molar-refractivity contribution in [3.05, 3.63) is 60.3 Å². The Morgan fingerprint density at radius 1 is 1.25 bits per heavy atom. The monoisotopic (exact) mass is 269 g/mol. The molecule has 0 fully saturated rings. The predicted molar refractivity (Wildman–Crippen MR) is 69.0 cm³/mol. The van der Waals surface area contributed by atoms with Gasteiger partial charge in [-0.3, -0.25) is 4.79 Å². The van der Waals surface area contributed by atoms with Crippen LogP contribution in [0.25, 0.3) is 5.69 Å². The molecule has 0 unspecified atom stereocenters. The summed E-state index contributed by atoms with van der Waals surface area (Å²) in [6.45, 7) is 0.329. The van der Waals surface area contributed by atoms with Crippen LogP contribution in [0.5, 0.6) is 0 Å². The van der Waals surface area contributed by atoms with Crippen molar-refractivity contribution in [3.63, 3.8) is 0 Å². The molecule has 1 amide bonds. The summed E-state index contributed by atoms with van der Waals surface area (Å²) >= 11 is 0. The molecule has 0 bridgehead atoms. The summed E-state index contributed by atoms with van der Waals surface area (Å²) in [5.41, 5.74) is 1.11. The number of carbonyl (C=O) groups excluding carboxylic acids is 1. The van der Waals surface area contributed by atoms with E-state index in [1.807, 2.05) is 6.07 Å². The molecule has 0 aliphatic carbocycles. The summed E-state index contributed by atoms with van der Waals surface area (Å²) in [5, 5.41) is 13.7. The highest BCUT2D eigenvalue weighted by molar-refractivity contribution is 5.97. The highest BCUT2D eigenvalue weighted by Crippen LogP contribution is 2.12. The molecular weight excluding hydrogens is 258 g/mol. The zero-order valence-electron chi connectivity index (χ0n) is 10.4. The van der Waals surface area contributed by atoms with Crippen molar-refractivity contribution < 1.29 is 9.21 Å². The fourth-order valence-corrected chi connectivity index (χ4v) is 1.81. The van der Waals surface area contributed by atoms with Crippen molar-refractivity contribution in [1.29, 1.82) is 0 Å². The Morgan fingerprint density at radius 2 is 2.15 bits per heavy atom. The van der Waals surface area contributed by atoms with Crippen molar-refractivity contribution in [2.45, 2.75) is 6.54 Å². The van der Waals surface area contributed by atoms with E-state index in [9.17, 15) is 4.79 Å². The van der Waals surface area contributed by atoms with E-state index in [2.05, 4.69) is 20.8 Å². The van der Waals surface area contributed by atoms with Gasteiger partial charge in [-0.1, -0.05) is 12.1 Å². The van der Waals surface area contributed by atoms with Gasteiger partial charge in [-0.15, -0.1) is 5.10 Å². The summed E-state index contributed by atoms with van der Waals surface area (Å²) in [6, 6.07) is 10.7. The Bertz CT molecular complexity index is 691. The van der Waals surface area contributed by atoms with Crippen LogP contribution >= 0.6 is 0 Å². The first kappa shape index (κ1) is 12.1. The molecule has 2 aromatic heterocycles. The number of benzene rings is 1. The number of para-hydroxylation sites is 1. The molecule has 1 N–H and O–H groups in total. The number of nitrogens with one attached hydrogen (secondary N) is 1. The van der Waals surface area contributed by atoms with Crippen molar-refractivity contribution in [2.75, 3.05) is 0 Å². The molecule has 7 heteroatoms. The number of rotatable bonds is 4. The van der Waals surface area contributed by atoms with Crippen LogP contribution in [0, 0.1) is 0 Å². The van der Waals surface area contributed by atoms with Crippen LogP contribution in [0.3, 0.4) is 0 Å². The zero-order valence-corrected chi connectivity index (χ0v) is 10.4. The van der Waals surface area contributed by atoms with E-state index in [0.29, 0.717) is 23.6 Å². The quantitative estimate of drug-likeness (QED) is 0.768. The molecule has 7 nitrogen and oxygen atoms in total. The molecule has 100 valence electrons. The Morgan fingerprint density at radius 3 is 2.90 bits per heavy atom. The van der Waals surface area contributed by atoms with Crippen molar-refractivity contribution >= 4 is 5.91 Å². The molecule has 3 aromatic rings. The first-order chi connectivity index (χ1) is 9.84. The van der Waals surface area contributed by atoms with Crippen LogP contribution in [0.1, 0.15) is 16.1 Å². The molecule has 1 aromatic carbocycles. The van der Waals surface area contributed by atoms with Gasteiger partial charge in [-0.2, -0.15) is 4.68 Å². The van der Waals surface area contributed by atoms with Crippen molar-refractivity contribution in [1.82, 2.24) is 25.5 Å². The van der Waals surface area contributed by atoms with Gasteiger partial charge >= 0.3 is 0 Å². The Kier molecular flexibility index (Phi) is 3.24. The van der Waals surface area contributed by atoms with Crippen LogP contribution in [0.2, 0.25) is 0 Å². The molecular formula is C13H11N5O2. The Hall–Kier alpha value is -2.96. The van der Waals surface area contributed by atoms with Gasteiger partial charge < -0.3 is 9.73 Å². The first-order valence-electron chi connectivity index (χ1n) is 5.97. The number of amides is 1. The normalized spacial score (nSPS) is 10.4. The average molecular weight is 269 g/mol. The number of carbonyl (C=O) groups is 1. The number of furan rings is 1. The van der Waals surface area contributed by atoms with E-state index in [4.69, 9.17) is 4.42 Å². The molecule has 0 atom stereocenters. The molecule has 0 spiro atoms. The zero-order chi connectivity index (χ0) is 13.8. The van der Waals surface area contributed by atoms with Gasteiger partial charge in [-0.05, 0) is 34.7 Å². The summed E-state index contributed by atoms with van der Waals surface area (Å²) in [7, 11) is 0. The minimum absolute atomic E-state index is 0.215. The lowest BCUT2D eigenvalue weighted by Gasteiger charge is -2.08. The van der Waals surface area contributed by atoms with Crippen LogP contribution in [0.4, 0.5) is 0 Å². The maximum atomic E-state index is 12.2. The van der Waals surface area contributed by atoms with Gasteiger partial charge in [0.25, 0.3) is 5.91 Å². The maximum Gasteiger partial charge on any atom is 0.253 e.